The number of hydrogen-bond donors (Lipinski definition) is 5. The number of carbonyl (C=O) groups excluding carboxylic acids is 2. The van der Waals surface area contributed by atoms with Crippen molar-refractivity contribution in [3.8, 4) is 0 Å². The Labute approximate surface area is 121 Å². The summed E-state index contributed by atoms with van der Waals surface area (Å²) in [5, 5.41) is 21.9. The lowest BCUT2D eigenvalue weighted by Crippen LogP contribution is -2.50. The highest BCUT2D eigenvalue weighted by Crippen LogP contribution is 2.01. The predicted molar refractivity (Wildman–Crippen MR) is 72.3 cm³/mol. The summed E-state index contributed by atoms with van der Waals surface area (Å²) in [7, 11) is 0. The largest absolute Gasteiger partial charge is 0.481 e. The molecule has 0 aromatic rings. The lowest BCUT2D eigenvalue weighted by molar-refractivity contribution is -0.143. The highest BCUT2D eigenvalue weighted by Gasteiger charge is 2.23. The number of aliphatic carboxylic acids is 2. The van der Waals surface area contributed by atoms with E-state index in [2.05, 4.69) is 10.6 Å². The second kappa shape index (κ2) is 8.90. The fourth-order valence-corrected chi connectivity index (χ4v) is 1.45. The van der Waals surface area contributed by atoms with Gasteiger partial charge in [0, 0.05) is 6.42 Å². The molecule has 0 aromatic heterocycles. The number of amides is 2. The zero-order valence-corrected chi connectivity index (χ0v) is 12.0. The summed E-state index contributed by atoms with van der Waals surface area (Å²) in [6, 6.07) is -2.08. The predicted octanol–water partition coefficient (Wildman–Crippen LogP) is -1.48. The van der Waals surface area contributed by atoms with Crippen LogP contribution >= 0.6 is 0 Å². The van der Waals surface area contributed by atoms with E-state index in [1.165, 1.54) is 0 Å². The maximum Gasteiger partial charge on any atom is 0.326 e. The van der Waals surface area contributed by atoms with Crippen molar-refractivity contribution in [1.82, 2.24) is 10.6 Å². The van der Waals surface area contributed by atoms with E-state index in [0.29, 0.717) is 0 Å². The first-order valence-electron chi connectivity index (χ1n) is 6.42. The average molecular weight is 303 g/mol. The number of nitrogens with one attached hydrogen (secondary N) is 2. The van der Waals surface area contributed by atoms with Crippen LogP contribution in [0.25, 0.3) is 0 Å². The molecule has 0 aromatic carbocycles. The molecule has 0 aliphatic carbocycles. The monoisotopic (exact) mass is 303 g/mol. The normalized spacial score (nSPS) is 13.3. The van der Waals surface area contributed by atoms with Crippen molar-refractivity contribution in [2.45, 2.75) is 38.8 Å². The highest BCUT2D eigenvalue weighted by molar-refractivity contribution is 5.89. The topological polar surface area (TPSA) is 159 Å². The minimum Gasteiger partial charge on any atom is -0.481 e. The van der Waals surface area contributed by atoms with Crippen molar-refractivity contribution in [3.05, 3.63) is 0 Å². The molecule has 0 saturated carbocycles. The van der Waals surface area contributed by atoms with Crippen LogP contribution in [0.3, 0.4) is 0 Å². The molecular formula is C12H21N3O6. The summed E-state index contributed by atoms with van der Waals surface area (Å²) < 4.78 is 0. The molecule has 0 spiro atoms. The number of carbonyl (C=O) groups is 4. The number of rotatable bonds is 9. The van der Waals surface area contributed by atoms with Gasteiger partial charge in [0.25, 0.3) is 0 Å². The third-order valence-electron chi connectivity index (χ3n) is 2.68. The van der Waals surface area contributed by atoms with Gasteiger partial charge in [0.15, 0.2) is 0 Å². The highest BCUT2D eigenvalue weighted by atomic mass is 16.4. The second-order valence-electron chi connectivity index (χ2n) is 4.88. The van der Waals surface area contributed by atoms with E-state index in [4.69, 9.17) is 15.9 Å². The molecule has 2 atom stereocenters. The quantitative estimate of drug-likeness (QED) is 0.347. The zero-order chi connectivity index (χ0) is 16.6. The molecule has 2 unspecified atom stereocenters. The minimum absolute atomic E-state index is 0.0491. The fraction of sp³-hybridized carbons (Fsp3) is 0.667. The van der Waals surface area contributed by atoms with Crippen LogP contribution in [0.1, 0.15) is 26.7 Å². The van der Waals surface area contributed by atoms with Crippen molar-refractivity contribution in [3.63, 3.8) is 0 Å². The maximum absolute atomic E-state index is 11.5. The summed E-state index contributed by atoms with van der Waals surface area (Å²) in [5.74, 6) is -3.86. The van der Waals surface area contributed by atoms with Crippen LogP contribution in [0.15, 0.2) is 0 Å². The standard InChI is InChI=1S/C12H21N3O6/c1-6(2)10(12(20)21)15-8(16)5-14-11(19)7(13)3-4-9(17)18/h6-7,10H,3-5,13H2,1-2H3,(H,14,19)(H,15,16)(H,17,18)(H,20,21). The van der Waals surface area contributed by atoms with E-state index in [1.54, 1.807) is 13.8 Å². The first-order chi connectivity index (χ1) is 9.65. The second-order valence-corrected chi connectivity index (χ2v) is 4.88. The van der Waals surface area contributed by atoms with E-state index in [9.17, 15) is 19.2 Å². The Morgan fingerprint density at radius 3 is 2.14 bits per heavy atom. The Balaban J connectivity index is 4.20. The minimum atomic E-state index is -1.16. The molecule has 0 bridgehead atoms. The molecule has 6 N–H and O–H groups in total. The Kier molecular flexibility index (Phi) is 7.99. The average Bonchev–Trinajstić information content (AvgIpc) is 2.38. The van der Waals surface area contributed by atoms with E-state index in [0.717, 1.165) is 0 Å². The Morgan fingerprint density at radius 1 is 1.14 bits per heavy atom. The molecule has 0 aliphatic rings. The maximum atomic E-state index is 11.5. The lowest BCUT2D eigenvalue weighted by Gasteiger charge is -2.18. The number of carboxylic acid groups (broad SMARTS) is 2. The third kappa shape index (κ3) is 7.88. The Bertz CT molecular complexity index is 410. The van der Waals surface area contributed by atoms with Crippen LogP contribution in [0.4, 0.5) is 0 Å². The Hall–Kier alpha value is -2.16. The molecule has 2 amide bonds. The number of nitrogens with two attached hydrogens (primary N) is 1. The van der Waals surface area contributed by atoms with Crippen LogP contribution < -0.4 is 16.4 Å². The van der Waals surface area contributed by atoms with Gasteiger partial charge in [0.1, 0.15) is 6.04 Å². The van der Waals surface area contributed by atoms with Crippen LogP contribution in [0.2, 0.25) is 0 Å². The third-order valence-corrected chi connectivity index (χ3v) is 2.68. The van der Waals surface area contributed by atoms with Gasteiger partial charge >= 0.3 is 11.9 Å². The van der Waals surface area contributed by atoms with E-state index in [-0.39, 0.29) is 18.8 Å². The van der Waals surface area contributed by atoms with E-state index >= 15 is 0 Å². The molecule has 0 rings (SSSR count). The first kappa shape index (κ1) is 18.8. The molecule has 0 heterocycles. The van der Waals surface area contributed by atoms with Crippen LogP contribution in [-0.2, 0) is 19.2 Å². The molecular weight excluding hydrogens is 282 g/mol. The van der Waals surface area contributed by atoms with Gasteiger partial charge in [-0.1, -0.05) is 13.8 Å². The SMILES string of the molecule is CC(C)C(NC(=O)CNC(=O)C(N)CCC(=O)O)C(=O)O. The van der Waals surface area contributed by atoms with Crippen molar-refractivity contribution in [2.75, 3.05) is 6.54 Å². The Morgan fingerprint density at radius 2 is 1.71 bits per heavy atom. The molecule has 0 saturated heterocycles. The van der Waals surface area contributed by atoms with Gasteiger partial charge in [-0.05, 0) is 12.3 Å². The summed E-state index contributed by atoms with van der Waals surface area (Å²) in [5.41, 5.74) is 5.45. The number of hydrogen-bond acceptors (Lipinski definition) is 5. The summed E-state index contributed by atoms with van der Waals surface area (Å²) in [4.78, 5) is 44.2. The van der Waals surface area contributed by atoms with Crippen LogP contribution in [-0.4, -0.2) is 52.6 Å². The number of carboxylic acids is 2. The fourth-order valence-electron chi connectivity index (χ4n) is 1.45. The van der Waals surface area contributed by atoms with Gasteiger partial charge in [-0.15, -0.1) is 0 Å². The molecule has 0 fully saturated rings. The smallest absolute Gasteiger partial charge is 0.326 e. The van der Waals surface area contributed by atoms with Gasteiger partial charge in [-0.3, -0.25) is 14.4 Å². The van der Waals surface area contributed by atoms with Crippen LogP contribution in [0, 0.1) is 5.92 Å². The van der Waals surface area contributed by atoms with Crippen molar-refractivity contribution in [1.29, 1.82) is 0 Å². The van der Waals surface area contributed by atoms with Gasteiger partial charge < -0.3 is 26.6 Å². The van der Waals surface area contributed by atoms with Gasteiger partial charge in [-0.25, -0.2) is 4.79 Å². The zero-order valence-electron chi connectivity index (χ0n) is 12.0. The molecule has 0 radical (unpaired) electrons. The van der Waals surface area contributed by atoms with E-state index in [1.807, 2.05) is 0 Å². The summed E-state index contributed by atoms with van der Waals surface area (Å²) in [6.07, 6.45) is -0.304. The summed E-state index contributed by atoms with van der Waals surface area (Å²) >= 11 is 0. The van der Waals surface area contributed by atoms with Crippen LogP contribution in [0.5, 0.6) is 0 Å². The van der Waals surface area contributed by atoms with Crippen molar-refractivity contribution < 1.29 is 29.4 Å². The molecule has 9 heteroatoms. The summed E-state index contributed by atoms with van der Waals surface area (Å²) in [6.45, 7) is 2.86. The van der Waals surface area contributed by atoms with E-state index < -0.39 is 42.4 Å². The van der Waals surface area contributed by atoms with Gasteiger partial charge in [-0.2, -0.15) is 0 Å². The molecule has 0 aliphatic heterocycles. The van der Waals surface area contributed by atoms with Gasteiger partial charge in [0.05, 0.1) is 12.6 Å². The molecule has 120 valence electrons. The molecule has 21 heavy (non-hydrogen) atoms. The van der Waals surface area contributed by atoms with Crippen molar-refractivity contribution in [2.24, 2.45) is 11.7 Å². The van der Waals surface area contributed by atoms with Gasteiger partial charge in [0.2, 0.25) is 11.8 Å². The molecule has 9 nitrogen and oxygen atoms in total. The lowest BCUT2D eigenvalue weighted by atomic mass is 10.0. The van der Waals surface area contributed by atoms with Crippen molar-refractivity contribution >= 4 is 23.8 Å². The first-order valence-corrected chi connectivity index (χ1v) is 6.42.